The second-order valence-electron chi connectivity index (χ2n) is 3.28. The van der Waals surface area contributed by atoms with Crippen LogP contribution in [0.15, 0.2) is 18.2 Å². The molecule has 0 atom stereocenters. The molecule has 1 aromatic carbocycles. The first-order valence-corrected chi connectivity index (χ1v) is 4.42. The van der Waals surface area contributed by atoms with Crippen molar-refractivity contribution in [1.82, 2.24) is 0 Å². The lowest BCUT2D eigenvalue weighted by Gasteiger charge is -2.06. The maximum atomic E-state index is 11.1. The second-order valence-corrected chi connectivity index (χ2v) is 3.28. The average molecular weight is 177 g/mol. The third kappa shape index (κ3) is 2.39. The van der Waals surface area contributed by atoms with Gasteiger partial charge in [-0.3, -0.25) is 4.79 Å². The Morgan fingerprint density at radius 1 is 1.38 bits per heavy atom. The largest absolute Gasteiger partial charge is 0.324 e. The van der Waals surface area contributed by atoms with Gasteiger partial charge in [0.25, 0.3) is 0 Å². The Balaban J connectivity index is 2.89. The van der Waals surface area contributed by atoms with Crippen molar-refractivity contribution >= 4 is 5.78 Å². The first-order chi connectivity index (χ1) is 6.15. The summed E-state index contributed by atoms with van der Waals surface area (Å²) in [6, 6.07) is 6.00. The highest BCUT2D eigenvalue weighted by atomic mass is 16.1. The van der Waals surface area contributed by atoms with Gasteiger partial charge in [-0.1, -0.05) is 18.2 Å². The molecule has 2 N–H and O–H groups in total. The van der Waals surface area contributed by atoms with Gasteiger partial charge in [0.2, 0.25) is 0 Å². The molecule has 2 heteroatoms. The van der Waals surface area contributed by atoms with E-state index in [2.05, 4.69) is 0 Å². The zero-order valence-corrected chi connectivity index (χ0v) is 8.13. The molecule has 13 heavy (non-hydrogen) atoms. The summed E-state index contributed by atoms with van der Waals surface area (Å²) in [7, 11) is 0. The van der Waals surface area contributed by atoms with Crippen LogP contribution in [0.5, 0.6) is 0 Å². The van der Waals surface area contributed by atoms with Gasteiger partial charge < -0.3 is 5.73 Å². The van der Waals surface area contributed by atoms with Gasteiger partial charge in [-0.05, 0) is 30.5 Å². The normalized spacial score (nSPS) is 10.1. The molecule has 0 amide bonds. The van der Waals surface area contributed by atoms with Crippen LogP contribution in [0.2, 0.25) is 0 Å². The molecular formula is C11H15NO. The number of carbonyl (C=O) groups is 1. The monoisotopic (exact) mass is 177 g/mol. The summed E-state index contributed by atoms with van der Waals surface area (Å²) >= 11 is 0. The van der Waals surface area contributed by atoms with E-state index in [0.717, 1.165) is 5.56 Å². The van der Waals surface area contributed by atoms with Crippen LogP contribution in [0, 0.1) is 13.8 Å². The van der Waals surface area contributed by atoms with E-state index in [1.807, 2.05) is 32.0 Å². The molecule has 0 radical (unpaired) electrons. The Hall–Kier alpha value is -1.15. The maximum Gasteiger partial charge on any atom is 0.150 e. The number of nitrogens with two attached hydrogens (primary N) is 1. The maximum absolute atomic E-state index is 11.1. The number of ketones is 1. The Labute approximate surface area is 78.8 Å². The van der Waals surface area contributed by atoms with Crippen molar-refractivity contribution in [1.29, 1.82) is 0 Å². The zero-order chi connectivity index (χ0) is 9.84. The Kier molecular flexibility index (Phi) is 3.20. The van der Waals surface area contributed by atoms with Gasteiger partial charge in [0.05, 0.1) is 6.54 Å². The van der Waals surface area contributed by atoms with Crippen LogP contribution in [-0.4, -0.2) is 12.3 Å². The van der Waals surface area contributed by atoms with Gasteiger partial charge in [-0.15, -0.1) is 0 Å². The van der Waals surface area contributed by atoms with Crippen molar-refractivity contribution in [2.24, 2.45) is 5.73 Å². The van der Waals surface area contributed by atoms with E-state index in [0.29, 0.717) is 6.42 Å². The van der Waals surface area contributed by atoms with E-state index in [9.17, 15) is 4.79 Å². The number of carbonyl (C=O) groups excluding carboxylic acids is 1. The van der Waals surface area contributed by atoms with E-state index in [1.165, 1.54) is 11.1 Å². The van der Waals surface area contributed by atoms with Crippen LogP contribution in [0.1, 0.15) is 16.7 Å². The number of aryl methyl sites for hydroxylation is 1. The summed E-state index contributed by atoms with van der Waals surface area (Å²) in [5.74, 6) is 0.0914. The summed E-state index contributed by atoms with van der Waals surface area (Å²) in [6.07, 6.45) is 0.462. The Bertz CT molecular complexity index is 318. The summed E-state index contributed by atoms with van der Waals surface area (Å²) < 4.78 is 0. The van der Waals surface area contributed by atoms with Gasteiger partial charge in [0.15, 0.2) is 5.78 Å². The lowest BCUT2D eigenvalue weighted by molar-refractivity contribution is -0.117. The van der Waals surface area contributed by atoms with Crippen LogP contribution < -0.4 is 5.73 Å². The molecular weight excluding hydrogens is 162 g/mol. The molecule has 0 fully saturated rings. The number of rotatable bonds is 3. The molecule has 0 aliphatic rings. The van der Waals surface area contributed by atoms with Crippen LogP contribution in [0.4, 0.5) is 0 Å². The molecule has 0 saturated carbocycles. The standard InChI is InChI=1S/C11H15NO/c1-8-4-3-5-10(9(8)2)6-11(13)7-12/h3-5H,6-7,12H2,1-2H3. The Morgan fingerprint density at radius 3 is 2.69 bits per heavy atom. The minimum Gasteiger partial charge on any atom is -0.324 e. The fourth-order valence-electron chi connectivity index (χ4n) is 1.29. The van der Waals surface area contributed by atoms with E-state index >= 15 is 0 Å². The predicted molar refractivity (Wildman–Crippen MR) is 53.7 cm³/mol. The third-order valence-corrected chi connectivity index (χ3v) is 2.33. The first kappa shape index (κ1) is 9.93. The van der Waals surface area contributed by atoms with Crippen molar-refractivity contribution in [3.05, 3.63) is 34.9 Å². The lowest BCUT2D eigenvalue weighted by atomic mass is 9.99. The van der Waals surface area contributed by atoms with Crippen molar-refractivity contribution in [2.45, 2.75) is 20.3 Å². The zero-order valence-electron chi connectivity index (χ0n) is 8.13. The second kappa shape index (κ2) is 4.19. The van der Waals surface area contributed by atoms with Crippen LogP contribution >= 0.6 is 0 Å². The lowest BCUT2D eigenvalue weighted by Crippen LogP contribution is -2.16. The molecule has 2 nitrogen and oxygen atoms in total. The molecule has 0 aliphatic heterocycles. The van der Waals surface area contributed by atoms with Gasteiger partial charge >= 0.3 is 0 Å². The summed E-state index contributed by atoms with van der Waals surface area (Å²) in [5.41, 5.74) is 8.77. The molecule has 70 valence electrons. The van der Waals surface area contributed by atoms with Crippen LogP contribution in [0.3, 0.4) is 0 Å². The van der Waals surface area contributed by atoms with Gasteiger partial charge in [-0.2, -0.15) is 0 Å². The summed E-state index contributed by atoms with van der Waals surface area (Å²) in [4.78, 5) is 11.1. The van der Waals surface area contributed by atoms with Crippen molar-refractivity contribution < 1.29 is 4.79 Å². The van der Waals surface area contributed by atoms with Crippen LogP contribution in [-0.2, 0) is 11.2 Å². The highest BCUT2D eigenvalue weighted by Crippen LogP contribution is 2.13. The number of Topliss-reactive ketones (excluding diaryl/α,β-unsaturated/α-hetero) is 1. The van der Waals surface area contributed by atoms with Crippen molar-refractivity contribution in [2.75, 3.05) is 6.54 Å². The minimum atomic E-state index is 0.0914. The highest BCUT2D eigenvalue weighted by Gasteiger charge is 2.04. The molecule has 1 aromatic rings. The molecule has 0 spiro atoms. The molecule has 0 aromatic heterocycles. The van der Waals surface area contributed by atoms with E-state index in [-0.39, 0.29) is 12.3 Å². The highest BCUT2D eigenvalue weighted by molar-refractivity contribution is 5.82. The summed E-state index contributed by atoms with van der Waals surface area (Å²) in [6.45, 7) is 4.22. The predicted octanol–water partition coefficient (Wildman–Crippen LogP) is 1.37. The number of hydrogen-bond acceptors (Lipinski definition) is 2. The summed E-state index contributed by atoms with van der Waals surface area (Å²) in [5, 5.41) is 0. The van der Waals surface area contributed by atoms with Gasteiger partial charge in [0.1, 0.15) is 0 Å². The fourth-order valence-corrected chi connectivity index (χ4v) is 1.29. The van der Waals surface area contributed by atoms with E-state index in [1.54, 1.807) is 0 Å². The van der Waals surface area contributed by atoms with Crippen molar-refractivity contribution in [3.63, 3.8) is 0 Å². The van der Waals surface area contributed by atoms with Crippen molar-refractivity contribution in [3.8, 4) is 0 Å². The fraction of sp³-hybridized carbons (Fsp3) is 0.364. The van der Waals surface area contributed by atoms with E-state index < -0.39 is 0 Å². The van der Waals surface area contributed by atoms with Crippen LogP contribution in [0.25, 0.3) is 0 Å². The van der Waals surface area contributed by atoms with E-state index in [4.69, 9.17) is 5.73 Å². The third-order valence-electron chi connectivity index (χ3n) is 2.33. The molecule has 0 heterocycles. The number of hydrogen-bond donors (Lipinski definition) is 1. The minimum absolute atomic E-state index is 0.0914. The molecule has 1 rings (SSSR count). The molecule has 0 unspecified atom stereocenters. The average Bonchev–Trinajstić information content (AvgIpc) is 2.13. The molecule has 0 bridgehead atoms. The Morgan fingerprint density at radius 2 is 2.08 bits per heavy atom. The molecule has 0 saturated heterocycles. The topological polar surface area (TPSA) is 43.1 Å². The van der Waals surface area contributed by atoms with Gasteiger partial charge in [-0.25, -0.2) is 0 Å². The smallest absolute Gasteiger partial charge is 0.150 e. The first-order valence-electron chi connectivity index (χ1n) is 4.42. The number of benzene rings is 1. The molecule has 0 aliphatic carbocycles. The van der Waals surface area contributed by atoms with Gasteiger partial charge in [0, 0.05) is 6.42 Å². The quantitative estimate of drug-likeness (QED) is 0.757. The SMILES string of the molecule is Cc1cccc(CC(=O)CN)c1C.